The number of aryl methyl sites for hydroxylation is 1. The first-order chi connectivity index (χ1) is 25.2. The number of carbonyl (C=O) groups is 2. The van der Waals surface area contributed by atoms with E-state index >= 15 is 0 Å². The lowest BCUT2D eigenvalue weighted by Gasteiger charge is -2.35. The molecule has 6 heterocycles. The number of fused-ring (bicyclic) bond motifs is 2. The Balaban J connectivity index is 1.19. The number of rotatable bonds is 9. The molecule has 2 amide bonds. The number of likely N-dealkylation sites (tertiary alicyclic amines) is 1. The maximum atomic E-state index is 14.0. The van der Waals surface area contributed by atoms with Gasteiger partial charge in [-0.2, -0.15) is 5.10 Å². The van der Waals surface area contributed by atoms with Crippen molar-refractivity contribution < 1.29 is 38.0 Å². The number of methoxy groups -OCH3 is 2. The normalized spacial score (nSPS) is 23.8. The van der Waals surface area contributed by atoms with Gasteiger partial charge >= 0.3 is 6.09 Å². The van der Waals surface area contributed by atoms with Crippen molar-refractivity contribution in [2.45, 2.75) is 96.0 Å². The third kappa shape index (κ3) is 7.48. The van der Waals surface area contributed by atoms with Crippen molar-refractivity contribution in [3.8, 4) is 22.8 Å². The standard InChI is InChI=1S/C37H48N8O8/c1-36(2,3)53-35(47)44-14-9-10-22(18-44)41-33(46)29-28-30(52-37(4,5)51-28)34(50-29)45-19-24(25-13-15-43(6)42-25)27-31(39-20-40-32(27)45)38-17-21-11-12-23(48-7)16-26(21)49-8/h11-13,15-16,19-20,22,28-30,34H,9-10,14,17-18H2,1-8H3,(H,41,46)(H,38,39,40)/t22-,28-,29+,30-,34-/m1/s1. The number of benzene rings is 1. The van der Waals surface area contributed by atoms with E-state index in [1.807, 2.05) is 82.9 Å². The SMILES string of the molecule is COc1ccc(CNc2ncnc3c2c(-c2ccn(C)n2)cn3[C@@H]2O[C@H](C(=O)N[C@@H]3CCCN(C(=O)OC(C)(C)C)C3)[C@H]3OC(C)(C)O[C@H]32)c(OC)c1. The first kappa shape index (κ1) is 36.4. The van der Waals surface area contributed by atoms with E-state index in [0.29, 0.717) is 60.1 Å². The minimum Gasteiger partial charge on any atom is -0.497 e. The molecule has 0 spiro atoms. The van der Waals surface area contributed by atoms with Gasteiger partial charge in [-0.15, -0.1) is 0 Å². The fraction of sp³-hybridized carbons (Fsp3) is 0.541. The molecule has 1 aromatic carbocycles. The van der Waals surface area contributed by atoms with Gasteiger partial charge in [0.05, 0.1) is 25.3 Å². The highest BCUT2D eigenvalue weighted by molar-refractivity contribution is 6.00. The number of ether oxygens (including phenoxy) is 6. The van der Waals surface area contributed by atoms with Gasteiger partial charge in [0.2, 0.25) is 0 Å². The predicted molar refractivity (Wildman–Crippen MR) is 193 cm³/mol. The van der Waals surface area contributed by atoms with Crippen LogP contribution in [0.1, 0.15) is 59.3 Å². The van der Waals surface area contributed by atoms with Gasteiger partial charge in [0.1, 0.15) is 47.1 Å². The number of amides is 2. The molecule has 3 saturated heterocycles. The zero-order valence-corrected chi connectivity index (χ0v) is 31.4. The summed E-state index contributed by atoms with van der Waals surface area (Å²) in [6.07, 6.45) is 3.17. The average Bonchev–Trinajstić information content (AvgIpc) is 3.87. The second-order valence-electron chi connectivity index (χ2n) is 15.1. The predicted octanol–water partition coefficient (Wildman–Crippen LogP) is 4.39. The lowest BCUT2D eigenvalue weighted by atomic mass is 10.0. The van der Waals surface area contributed by atoms with Gasteiger partial charge in [-0.25, -0.2) is 14.8 Å². The van der Waals surface area contributed by atoms with Crippen molar-refractivity contribution in [1.29, 1.82) is 0 Å². The number of nitrogens with zero attached hydrogens (tertiary/aromatic N) is 6. The summed E-state index contributed by atoms with van der Waals surface area (Å²) in [6, 6.07) is 7.28. The van der Waals surface area contributed by atoms with Crippen LogP contribution in [-0.2, 0) is 37.3 Å². The van der Waals surface area contributed by atoms with Crippen molar-refractivity contribution in [3.05, 3.63) is 48.5 Å². The Labute approximate surface area is 308 Å². The highest BCUT2D eigenvalue weighted by atomic mass is 16.8. The van der Waals surface area contributed by atoms with Gasteiger partial charge in [0, 0.05) is 62.3 Å². The van der Waals surface area contributed by atoms with E-state index < -0.39 is 42.0 Å². The molecule has 0 radical (unpaired) electrons. The van der Waals surface area contributed by atoms with Crippen LogP contribution in [0.3, 0.4) is 0 Å². The van der Waals surface area contributed by atoms with E-state index in [0.717, 1.165) is 17.5 Å². The first-order valence-corrected chi connectivity index (χ1v) is 17.8. The van der Waals surface area contributed by atoms with Crippen LogP contribution >= 0.6 is 0 Å². The largest absolute Gasteiger partial charge is 0.497 e. The molecule has 0 aliphatic carbocycles. The Morgan fingerprint density at radius 1 is 1.08 bits per heavy atom. The molecule has 16 nitrogen and oxygen atoms in total. The fourth-order valence-electron chi connectivity index (χ4n) is 7.23. The maximum absolute atomic E-state index is 14.0. The summed E-state index contributed by atoms with van der Waals surface area (Å²) in [7, 11) is 5.08. The van der Waals surface area contributed by atoms with E-state index in [1.165, 1.54) is 6.33 Å². The molecule has 284 valence electrons. The van der Waals surface area contributed by atoms with Gasteiger partial charge in [-0.05, 0) is 65.7 Å². The third-order valence-corrected chi connectivity index (χ3v) is 9.52. The lowest BCUT2D eigenvalue weighted by Crippen LogP contribution is -2.53. The van der Waals surface area contributed by atoms with Crippen LogP contribution in [0, 0.1) is 0 Å². The molecular weight excluding hydrogens is 684 g/mol. The summed E-state index contributed by atoms with van der Waals surface area (Å²) >= 11 is 0. The summed E-state index contributed by atoms with van der Waals surface area (Å²) in [5.74, 6) is 0.624. The molecule has 7 rings (SSSR count). The summed E-state index contributed by atoms with van der Waals surface area (Å²) in [4.78, 5) is 37.9. The zero-order chi connectivity index (χ0) is 37.7. The van der Waals surface area contributed by atoms with Crippen molar-refractivity contribution >= 4 is 28.9 Å². The lowest BCUT2D eigenvalue weighted by molar-refractivity contribution is -0.197. The molecule has 0 saturated carbocycles. The van der Waals surface area contributed by atoms with Gasteiger partial charge in [-0.1, -0.05) is 0 Å². The Kier molecular flexibility index (Phi) is 9.72. The van der Waals surface area contributed by atoms with E-state index in [9.17, 15) is 9.59 Å². The quantitative estimate of drug-likeness (QED) is 0.250. The number of aromatic nitrogens is 5. The fourth-order valence-corrected chi connectivity index (χ4v) is 7.23. The van der Waals surface area contributed by atoms with Crippen LogP contribution < -0.4 is 20.1 Å². The smallest absolute Gasteiger partial charge is 0.410 e. The molecule has 3 aliphatic heterocycles. The van der Waals surface area contributed by atoms with E-state index in [-0.39, 0.29) is 11.9 Å². The molecule has 3 fully saturated rings. The van der Waals surface area contributed by atoms with Crippen molar-refractivity contribution in [1.82, 2.24) is 34.5 Å². The van der Waals surface area contributed by atoms with Crippen LogP contribution in [0.4, 0.5) is 10.6 Å². The van der Waals surface area contributed by atoms with Gasteiger partial charge in [0.15, 0.2) is 18.1 Å². The molecule has 0 bridgehead atoms. The van der Waals surface area contributed by atoms with Crippen molar-refractivity contribution in [2.75, 3.05) is 32.6 Å². The summed E-state index contributed by atoms with van der Waals surface area (Å²) in [5, 5.41) is 12.0. The molecule has 5 atom stereocenters. The Hall–Kier alpha value is -4.93. The summed E-state index contributed by atoms with van der Waals surface area (Å²) < 4.78 is 39.6. The summed E-state index contributed by atoms with van der Waals surface area (Å²) in [5.41, 5.74) is 2.31. The molecule has 53 heavy (non-hydrogen) atoms. The van der Waals surface area contributed by atoms with Crippen LogP contribution in [0.15, 0.2) is 43.0 Å². The summed E-state index contributed by atoms with van der Waals surface area (Å²) in [6.45, 7) is 10.4. The van der Waals surface area contributed by atoms with Crippen LogP contribution in [0.2, 0.25) is 0 Å². The number of piperidine rings is 1. The van der Waals surface area contributed by atoms with Crippen molar-refractivity contribution in [2.24, 2.45) is 7.05 Å². The monoisotopic (exact) mass is 732 g/mol. The van der Waals surface area contributed by atoms with Gasteiger partial charge < -0.3 is 48.5 Å². The Morgan fingerprint density at radius 2 is 1.87 bits per heavy atom. The van der Waals surface area contributed by atoms with E-state index in [4.69, 9.17) is 38.5 Å². The number of carbonyl (C=O) groups excluding carboxylic acids is 2. The minimum absolute atomic E-state index is 0.283. The minimum atomic E-state index is -0.999. The number of hydrogen-bond acceptors (Lipinski definition) is 12. The number of hydrogen-bond donors (Lipinski definition) is 2. The zero-order valence-electron chi connectivity index (χ0n) is 31.4. The molecule has 3 aliphatic rings. The highest BCUT2D eigenvalue weighted by Gasteiger charge is 2.58. The molecule has 16 heteroatoms. The second-order valence-corrected chi connectivity index (χ2v) is 15.1. The second kappa shape index (κ2) is 14.1. The molecule has 3 aromatic heterocycles. The Morgan fingerprint density at radius 3 is 2.58 bits per heavy atom. The molecule has 0 unspecified atom stereocenters. The van der Waals surface area contributed by atoms with Crippen LogP contribution in [0.25, 0.3) is 22.3 Å². The number of anilines is 1. The first-order valence-electron chi connectivity index (χ1n) is 17.8. The highest BCUT2D eigenvalue weighted by Crippen LogP contribution is 2.46. The van der Waals surface area contributed by atoms with Crippen LogP contribution in [-0.4, -0.2) is 104 Å². The Bertz CT molecular complexity index is 1990. The molecule has 4 aromatic rings. The molecular formula is C37H48N8O8. The third-order valence-electron chi connectivity index (χ3n) is 9.52. The van der Waals surface area contributed by atoms with Crippen molar-refractivity contribution in [3.63, 3.8) is 0 Å². The van der Waals surface area contributed by atoms with E-state index in [2.05, 4.69) is 15.6 Å². The van der Waals surface area contributed by atoms with Gasteiger partial charge in [0.25, 0.3) is 5.91 Å². The molecule has 2 N–H and O–H groups in total. The maximum Gasteiger partial charge on any atom is 0.410 e. The topological polar surface area (TPSA) is 165 Å². The van der Waals surface area contributed by atoms with Crippen LogP contribution in [0.5, 0.6) is 11.5 Å². The van der Waals surface area contributed by atoms with E-state index in [1.54, 1.807) is 23.8 Å². The van der Waals surface area contributed by atoms with Gasteiger partial charge in [-0.3, -0.25) is 9.48 Å². The number of nitrogens with one attached hydrogen (secondary N) is 2. The average molecular weight is 733 g/mol.